The Labute approximate surface area is 462 Å². The van der Waals surface area contributed by atoms with Crippen molar-refractivity contribution < 1.29 is 0 Å². The number of allylic oxidation sites excluding steroid dienone is 4. The number of rotatable bonds is 12. The molecule has 13 rings (SSSR count). The number of anilines is 5. The van der Waals surface area contributed by atoms with Crippen molar-refractivity contribution in [2.45, 2.75) is 19.3 Å². The normalized spacial score (nSPS) is 13.7. The van der Waals surface area contributed by atoms with E-state index in [1.807, 2.05) is 24.4 Å². The molecule has 3 nitrogen and oxygen atoms in total. The van der Waals surface area contributed by atoms with Crippen molar-refractivity contribution in [3.63, 3.8) is 0 Å². The Morgan fingerprint density at radius 3 is 1.41 bits per heavy atom. The Bertz CT molecular complexity index is 4300. The van der Waals surface area contributed by atoms with Gasteiger partial charge in [-0.1, -0.05) is 213 Å². The summed E-state index contributed by atoms with van der Waals surface area (Å²) < 4.78 is 0. The molecule has 1 aliphatic carbocycles. The van der Waals surface area contributed by atoms with E-state index in [1.165, 1.54) is 70.9 Å². The summed E-state index contributed by atoms with van der Waals surface area (Å²) in [4.78, 5) is 9.35. The topological polar surface area (TPSA) is 19.4 Å². The SMILES string of the molecule is C=C/C=c1/c(-c2ccc(-c3ccccn3)cc2)c2ccccc2c(-c2ccc3c(-c4ccc(N(c5ccccc5)c5ccccc5)cc4)c4ccccc4c(C4C=CC(N(c5ccccc5)c5ccccc5)=CC4)c3c2)/c1=C/C. The number of hydrogen-bond acceptors (Lipinski definition) is 3. The molecule has 1 aromatic heterocycles. The van der Waals surface area contributed by atoms with E-state index in [-0.39, 0.29) is 5.92 Å². The Hall–Kier alpha value is -10.1. The maximum atomic E-state index is 4.65. The number of fused-ring (bicyclic) bond motifs is 3. The predicted octanol–water partition coefficient (Wildman–Crippen LogP) is 19.2. The number of aromatic nitrogens is 1. The van der Waals surface area contributed by atoms with Crippen LogP contribution in [-0.2, 0) is 0 Å². The van der Waals surface area contributed by atoms with Gasteiger partial charge in [-0.05, 0) is 180 Å². The minimum absolute atomic E-state index is 0.0940. The quantitative estimate of drug-likeness (QED) is 0.114. The van der Waals surface area contributed by atoms with Crippen LogP contribution in [0, 0.1) is 0 Å². The molecule has 12 aromatic rings. The van der Waals surface area contributed by atoms with Crippen LogP contribution in [0.2, 0.25) is 0 Å². The van der Waals surface area contributed by atoms with Gasteiger partial charge in [0.2, 0.25) is 0 Å². The fourth-order valence-corrected chi connectivity index (χ4v) is 12.1. The number of nitrogens with zero attached hydrogens (tertiary/aromatic N) is 3. The molecular weight excluding hydrogens is 955 g/mol. The Balaban J connectivity index is 1.02. The van der Waals surface area contributed by atoms with E-state index in [0.717, 1.165) is 62.6 Å². The zero-order chi connectivity index (χ0) is 53.1. The smallest absolute Gasteiger partial charge is 0.0701 e. The zero-order valence-corrected chi connectivity index (χ0v) is 44.1. The molecule has 0 saturated heterocycles. The van der Waals surface area contributed by atoms with E-state index in [1.54, 1.807) is 0 Å². The molecule has 0 amide bonds. The predicted molar refractivity (Wildman–Crippen MR) is 337 cm³/mol. The van der Waals surface area contributed by atoms with Crippen molar-refractivity contribution in [3.05, 3.63) is 314 Å². The van der Waals surface area contributed by atoms with Crippen molar-refractivity contribution in [3.8, 4) is 44.6 Å². The monoisotopic (exact) mass is 1010 g/mol. The van der Waals surface area contributed by atoms with E-state index in [4.69, 9.17) is 0 Å². The first-order valence-electron chi connectivity index (χ1n) is 27.3. The highest BCUT2D eigenvalue weighted by atomic mass is 15.1. The van der Waals surface area contributed by atoms with Gasteiger partial charge in [0.25, 0.3) is 0 Å². The van der Waals surface area contributed by atoms with Crippen LogP contribution in [0.4, 0.5) is 28.4 Å². The molecule has 1 atom stereocenters. The minimum atomic E-state index is 0.0940. The van der Waals surface area contributed by atoms with E-state index in [2.05, 4.69) is 301 Å². The molecule has 1 aliphatic rings. The molecule has 0 saturated carbocycles. The minimum Gasteiger partial charge on any atom is -0.311 e. The molecule has 0 bridgehead atoms. The van der Waals surface area contributed by atoms with Gasteiger partial charge in [0.05, 0.1) is 5.69 Å². The fraction of sp³-hybridized carbons (Fsp3) is 0.0395. The van der Waals surface area contributed by atoms with Crippen molar-refractivity contribution in [2.75, 3.05) is 9.80 Å². The summed E-state index contributed by atoms with van der Waals surface area (Å²) in [6, 6.07) is 92.1. The highest BCUT2D eigenvalue weighted by Gasteiger charge is 2.25. The number of pyridine rings is 1. The molecule has 0 radical (unpaired) electrons. The maximum absolute atomic E-state index is 4.65. The van der Waals surface area contributed by atoms with Crippen LogP contribution in [0.1, 0.15) is 24.8 Å². The zero-order valence-electron chi connectivity index (χ0n) is 44.1. The van der Waals surface area contributed by atoms with Crippen LogP contribution in [-0.4, -0.2) is 4.98 Å². The third kappa shape index (κ3) is 9.11. The molecule has 0 spiro atoms. The first-order valence-corrected chi connectivity index (χ1v) is 27.3. The summed E-state index contributed by atoms with van der Waals surface area (Å²) in [6.45, 7) is 6.45. The van der Waals surface area contributed by atoms with Crippen LogP contribution in [0.3, 0.4) is 0 Å². The van der Waals surface area contributed by atoms with Gasteiger partial charge in [0.15, 0.2) is 0 Å². The standard InChI is InChI=1S/C76H57N3/c1-3-23-65-64(4-2)76(69-35-20-18-33-67(69)73(65)54-39-37-53(38-40-54)72-36-21-22-51-77-72)57-45-50-70-71(52-57)75(56-43-48-63(49-44-56)79(60-28-13-7-14-29-60)61-30-15-8-16-31-61)68-34-19-17-32-66(68)74(70)55-41-46-62(47-42-55)78(58-24-9-5-10-25-58)59-26-11-6-12-27-59/h3-43,45-52,56H,1,44H2,2H3/b64-4+,65-23+. The summed E-state index contributed by atoms with van der Waals surface area (Å²) in [5, 5.41) is 9.67. The molecule has 0 fully saturated rings. The Kier molecular flexibility index (Phi) is 13.2. The summed E-state index contributed by atoms with van der Waals surface area (Å²) in [5.74, 6) is 0.0940. The van der Waals surface area contributed by atoms with Crippen LogP contribution in [0.25, 0.3) is 89.1 Å². The molecule has 1 unspecified atom stereocenters. The first-order chi connectivity index (χ1) is 39.1. The van der Waals surface area contributed by atoms with Gasteiger partial charge in [0, 0.05) is 51.8 Å². The highest BCUT2D eigenvalue weighted by molar-refractivity contribution is 6.17. The van der Waals surface area contributed by atoms with Crippen LogP contribution >= 0.6 is 0 Å². The second-order valence-electron chi connectivity index (χ2n) is 20.1. The van der Waals surface area contributed by atoms with Gasteiger partial charge in [-0.25, -0.2) is 0 Å². The number of para-hydroxylation sites is 4. The Morgan fingerprint density at radius 1 is 0.418 bits per heavy atom. The highest BCUT2D eigenvalue weighted by Crippen LogP contribution is 2.47. The molecular formula is C76H57N3. The maximum Gasteiger partial charge on any atom is 0.0701 e. The van der Waals surface area contributed by atoms with E-state index < -0.39 is 0 Å². The van der Waals surface area contributed by atoms with Gasteiger partial charge >= 0.3 is 0 Å². The third-order valence-electron chi connectivity index (χ3n) is 15.5. The van der Waals surface area contributed by atoms with Crippen molar-refractivity contribution in [2.24, 2.45) is 0 Å². The number of hydrogen-bond donors (Lipinski definition) is 0. The lowest BCUT2D eigenvalue weighted by Gasteiger charge is -2.30. The van der Waals surface area contributed by atoms with E-state index in [9.17, 15) is 0 Å². The van der Waals surface area contributed by atoms with Crippen LogP contribution in [0.15, 0.2) is 298 Å². The molecule has 0 N–H and O–H groups in total. The molecule has 3 heteroatoms. The molecule has 376 valence electrons. The largest absolute Gasteiger partial charge is 0.311 e. The first kappa shape index (κ1) is 48.5. The van der Waals surface area contributed by atoms with Gasteiger partial charge in [-0.3, -0.25) is 4.98 Å². The summed E-state index contributed by atoms with van der Waals surface area (Å²) in [6.07, 6.45) is 16.3. The molecule has 1 heterocycles. The van der Waals surface area contributed by atoms with Gasteiger partial charge < -0.3 is 9.80 Å². The molecule has 11 aromatic carbocycles. The molecule has 79 heavy (non-hydrogen) atoms. The lowest BCUT2D eigenvalue weighted by molar-refractivity contribution is 0.854. The van der Waals surface area contributed by atoms with Crippen LogP contribution < -0.4 is 20.2 Å². The average Bonchev–Trinajstić information content (AvgIpc) is 3.64. The third-order valence-corrected chi connectivity index (χ3v) is 15.5. The lowest BCUT2D eigenvalue weighted by Crippen LogP contribution is -2.29. The fourth-order valence-electron chi connectivity index (χ4n) is 12.1. The second kappa shape index (κ2) is 21.5. The lowest BCUT2D eigenvalue weighted by atomic mass is 9.80. The second-order valence-corrected chi connectivity index (χ2v) is 20.1. The van der Waals surface area contributed by atoms with Gasteiger partial charge in [-0.15, -0.1) is 0 Å². The van der Waals surface area contributed by atoms with Crippen molar-refractivity contribution in [1.82, 2.24) is 4.98 Å². The average molecular weight is 1010 g/mol. The van der Waals surface area contributed by atoms with Gasteiger partial charge in [-0.2, -0.15) is 0 Å². The van der Waals surface area contributed by atoms with E-state index >= 15 is 0 Å². The number of benzene rings is 11. The van der Waals surface area contributed by atoms with E-state index in [0.29, 0.717) is 0 Å². The molecule has 0 aliphatic heterocycles. The van der Waals surface area contributed by atoms with Crippen LogP contribution in [0.5, 0.6) is 0 Å². The van der Waals surface area contributed by atoms with Gasteiger partial charge in [0.1, 0.15) is 0 Å². The van der Waals surface area contributed by atoms with Crippen molar-refractivity contribution >= 4 is 72.9 Å². The summed E-state index contributed by atoms with van der Waals surface area (Å²) in [5.41, 5.74) is 17.2. The Morgan fingerprint density at radius 2 is 0.873 bits per heavy atom. The summed E-state index contributed by atoms with van der Waals surface area (Å²) >= 11 is 0. The van der Waals surface area contributed by atoms with Crippen molar-refractivity contribution in [1.29, 1.82) is 0 Å². The summed E-state index contributed by atoms with van der Waals surface area (Å²) in [7, 11) is 0.